The fraction of sp³-hybridized carbons (Fsp3) is 0.440. The number of hydrogen-bond acceptors (Lipinski definition) is 4. The minimum atomic E-state index is -0.799. The smallest absolute Gasteiger partial charge is 0.257 e. The Morgan fingerprint density at radius 1 is 1.19 bits per heavy atom. The van der Waals surface area contributed by atoms with Gasteiger partial charge in [-0.3, -0.25) is 14.5 Å². The van der Waals surface area contributed by atoms with E-state index in [0.29, 0.717) is 35.6 Å². The zero-order valence-corrected chi connectivity index (χ0v) is 18.5. The van der Waals surface area contributed by atoms with Crippen LogP contribution in [0.2, 0.25) is 0 Å². The second kappa shape index (κ2) is 9.28. The Bertz CT molecular complexity index is 987. The maximum Gasteiger partial charge on any atom is 0.257 e. The number of benzene rings is 2. The highest BCUT2D eigenvalue weighted by atomic mass is 19.1. The first-order valence-electron chi connectivity index (χ1n) is 11.1. The summed E-state index contributed by atoms with van der Waals surface area (Å²) in [5.41, 5.74) is 0.0403. The van der Waals surface area contributed by atoms with Gasteiger partial charge in [-0.25, -0.2) is 4.39 Å². The Morgan fingerprint density at radius 3 is 2.66 bits per heavy atom. The van der Waals surface area contributed by atoms with Gasteiger partial charge in [0.05, 0.1) is 13.7 Å². The molecule has 1 unspecified atom stereocenters. The molecular weight excluding hydrogens is 411 g/mol. The molecule has 0 radical (unpaired) electrons. The Hall–Kier alpha value is -2.93. The van der Waals surface area contributed by atoms with Crippen molar-refractivity contribution in [3.63, 3.8) is 0 Å². The Labute approximate surface area is 187 Å². The minimum Gasteiger partial charge on any atom is -0.497 e. The summed E-state index contributed by atoms with van der Waals surface area (Å²) in [6.45, 7) is 2.36. The van der Waals surface area contributed by atoms with Crippen molar-refractivity contribution in [2.75, 3.05) is 13.7 Å². The van der Waals surface area contributed by atoms with Gasteiger partial charge in [0.15, 0.2) is 0 Å². The first kappa shape index (κ1) is 22.3. The summed E-state index contributed by atoms with van der Waals surface area (Å²) in [4.78, 5) is 28.4. The van der Waals surface area contributed by atoms with Gasteiger partial charge in [-0.05, 0) is 55.9 Å². The third kappa shape index (κ3) is 4.35. The number of nitrogens with one attached hydrogen (secondary N) is 1. The van der Waals surface area contributed by atoms with Crippen LogP contribution in [-0.4, -0.2) is 42.2 Å². The van der Waals surface area contributed by atoms with Crippen LogP contribution in [-0.2, 0) is 16.1 Å². The van der Waals surface area contributed by atoms with E-state index in [4.69, 9.17) is 9.47 Å². The lowest BCUT2D eigenvalue weighted by Gasteiger charge is -2.43. The van der Waals surface area contributed by atoms with Gasteiger partial charge in [-0.1, -0.05) is 31.2 Å². The Balaban J connectivity index is 1.59. The zero-order chi connectivity index (χ0) is 22.7. The summed E-state index contributed by atoms with van der Waals surface area (Å²) in [7, 11) is 1.55. The molecule has 1 saturated carbocycles. The standard InChI is InChI=1S/C25H29FN2O4/c1-17-10-12-25(13-11-17)28(24(30)18-7-5-8-20(14-18)31-2)22(16-32-25)23(29)27-15-19-6-3-4-9-21(19)26/h3-9,14,17,22H,10-13,15-16H2,1-2H3,(H,27,29). The minimum absolute atomic E-state index is 0.0488. The number of carbonyl (C=O) groups excluding carboxylic acids is 2. The highest BCUT2D eigenvalue weighted by Crippen LogP contribution is 2.43. The van der Waals surface area contributed by atoms with Crippen molar-refractivity contribution in [2.45, 2.75) is 50.9 Å². The fourth-order valence-electron chi connectivity index (χ4n) is 4.62. The van der Waals surface area contributed by atoms with Crippen LogP contribution >= 0.6 is 0 Å². The molecule has 7 heteroatoms. The fourth-order valence-corrected chi connectivity index (χ4v) is 4.62. The predicted molar refractivity (Wildman–Crippen MR) is 118 cm³/mol. The van der Waals surface area contributed by atoms with Crippen molar-refractivity contribution < 1.29 is 23.5 Å². The van der Waals surface area contributed by atoms with Crippen LogP contribution in [0.5, 0.6) is 5.75 Å². The topological polar surface area (TPSA) is 67.9 Å². The van der Waals surface area contributed by atoms with Crippen molar-refractivity contribution in [2.24, 2.45) is 5.92 Å². The van der Waals surface area contributed by atoms with E-state index >= 15 is 0 Å². The van der Waals surface area contributed by atoms with Gasteiger partial charge in [-0.15, -0.1) is 0 Å². The average molecular weight is 441 g/mol. The highest BCUT2D eigenvalue weighted by Gasteiger charge is 2.53. The molecule has 1 atom stereocenters. The van der Waals surface area contributed by atoms with Gasteiger partial charge in [0.2, 0.25) is 5.91 Å². The molecule has 2 aliphatic rings. The Kier molecular flexibility index (Phi) is 6.46. The summed E-state index contributed by atoms with van der Waals surface area (Å²) in [5, 5.41) is 2.79. The van der Waals surface area contributed by atoms with Gasteiger partial charge >= 0.3 is 0 Å². The summed E-state index contributed by atoms with van der Waals surface area (Å²) in [6.07, 6.45) is 3.21. The van der Waals surface area contributed by atoms with Crippen LogP contribution in [0, 0.1) is 11.7 Å². The molecule has 0 bridgehead atoms. The maximum absolute atomic E-state index is 14.0. The van der Waals surface area contributed by atoms with Gasteiger partial charge in [0.25, 0.3) is 5.91 Å². The molecule has 1 aliphatic carbocycles. The van der Waals surface area contributed by atoms with E-state index in [0.717, 1.165) is 12.8 Å². The number of hydrogen-bond donors (Lipinski definition) is 1. The molecule has 1 N–H and O–H groups in total. The lowest BCUT2D eigenvalue weighted by Crippen LogP contribution is -2.56. The van der Waals surface area contributed by atoms with Crippen molar-refractivity contribution in [1.29, 1.82) is 0 Å². The van der Waals surface area contributed by atoms with Gasteiger partial charge < -0.3 is 14.8 Å². The third-order valence-electron chi connectivity index (χ3n) is 6.57. The molecule has 0 aromatic heterocycles. The largest absolute Gasteiger partial charge is 0.497 e. The second-order valence-electron chi connectivity index (χ2n) is 8.67. The lowest BCUT2D eigenvalue weighted by atomic mass is 9.83. The molecule has 1 heterocycles. The SMILES string of the molecule is COc1cccc(C(=O)N2C(C(=O)NCc3ccccc3F)COC23CCC(C)CC3)c1. The Morgan fingerprint density at radius 2 is 1.94 bits per heavy atom. The van der Waals surface area contributed by atoms with E-state index in [2.05, 4.69) is 12.2 Å². The first-order chi connectivity index (χ1) is 15.4. The molecule has 2 fully saturated rings. The number of amides is 2. The van der Waals surface area contributed by atoms with Crippen LogP contribution in [0.4, 0.5) is 4.39 Å². The number of rotatable bonds is 5. The van der Waals surface area contributed by atoms with Crippen LogP contribution < -0.4 is 10.1 Å². The average Bonchev–Trinajstić information content (AvgIpc) is 3.18. The van der Waals surface area contributed by atoms with E-state index in [1.807, 2.05) is 0 Å². The van der Waals surface area contributed by atoms with Gasteiger partial charge in [-0.2, -0.15) is 0 Å². The summed E-state index contributed by atoms with van der Waals surface area (Å²) < 4.78 is 25.4. The van der Waals surface area contributed by atoms with Crippen molar-refractivity contribution >= 4 is 11.8 Å². The predicted octanol–water partition coefficient (Wildman–Crippen LogP) is 3.90. The summed E-state index contributed by atoms with van der Waals surface area (Å²) in [6, 6.07) is 12.5. The van der Waals surface area contributed by atoms with E-state index in [1.165, 1.54) is 6.07 Å². The summed E-state index contributed by atoms with van der Waals surface area (Å²) in [5.74, 6) is 0.134. The quantitative estimate of drug-likeness (QED) is 0.766. The monoisotopic (exact) mass is 440 g/mol. The normalized spacial score (nSPS) is 25.0. The molecular formula is C25H29FN2O4. The molecule has 2 aromatic carbocycles. The van der Waals surface area contributed by atoms with Crippen LogP contribution in [0.3, 0.4) is 0 Å². The molecule has 1 saturated heterocycles. The maximum atomic E-state index is 14.0. The molecule has 170 valence electrons. The number of ether oxygens (including phenoxy) is 2. The van der Waals surface area contributed by atoms with E-state index in [-0.39, 0.29) is 30.8 Å². The number of nitrogens with zero attached hydrogens (tertiary/aromatic N) is 1. The molecule has 2 amide bonds. The van der Waals surface area contributed by atoms with E-state index in [9.17, 15) is 14.0 Å². The zero-order valence-electron chi connectivity index (χ0n) is 18.5. The van der Waals surface area contributed by atoms with Crippen LogP contribution in [0.25, 0.3) is 0 Å². The molecule has 1 spiro atoms. The van der Waals surface area contributed by atoms with Crippen molar-refractivity contribution in [1.82, 2.24) is 10.2 Å². The van der Waals surface area contributed by atoms with E-state index < -0.39 is 11.8 Å². The molecule has 2 aromatic rings. The molecule has 6 nitrogen and oxygen atoms in total. The number of halogens is 1. The van der Waals surface area contributed by atoms with Crippen molar-refractivity contribution in [3.05, 3.63) is 65.5 Å². The van der Waals surface area contributed by atoms with E-state index in [1.54, 1.807) is 54.5 Å². The van der Waals surface area contributed by atoms with Crippen LogP contribution in [0.1, 0.15) is 48.5 Å². The first-order valence-corrected chi connectivity index (χ1v) is 11.1. The number of carbonyl (C=O) groups is 2. The van der Waals surface area contributed by atoms with Gasteiger partial charge in [0, 0.05) is 17.7 Å². The lowest BCUT2D eigenvalue weighted by molar-refractivity contribution is -0.128. The highest BCUT2D eigenvalue weighted by molar-refractivity contribution is 5.98. The van der Waals surface area contributed by atoms with Crippen LogP contribution in [0.15, 0.2) is 48.5 Å². The molecule has 1 aliphatic heterocycles. The van der Waals surface area contributed by atoms with Gasteiger partial charge in [0.1, 0.15) is 23.3 Å². The summed E-state index contributed by atoms with van der Waals surface area (Å²) >= 11 is 0. The second-order valence-corrected chi connectivity index (χ2v) is 8.67. The molecule has 4 rings (SSSR count). The van der Waals surface area contributed by atoms with Crippen molar-refractivity contribution in [3.8, 4) is 5.75 Å². The molecule has 32 heavy (non-hydrogen) atoms. The number of methoxy groups -OCH3 is 1. The third-order valence-corrected chi connectivity index (χ3v) is 6.57.